The van der Waals surface area contributed by atoms with Crippen molar-refractivity contribution in [3.63, 3.8) is 0 Å². The van der Waals surface area contributed by atoms with Crippen molar-refractivity contribution in [2.24, 2.45) is 0 Å². The molecule has 0 radical (unpaired) electrons. The minimum Gasteiger partial charge on any atom is -0.456 e. The van der Waals surface area contributed by atoms with Crippen LogP contribution < -0.4 is 0 Å². The Balaban J connectivity index is 1.97. The smallest absolute Gasteiger partial charge is 0.416 e. The lowest BCUT2D eigenvalue weighted by atomic mass is 10.0. The fraction of sp³-hybridized carbons (Fsp3) is 0.250. The van der Waals surface area contributed by atoms with E-state index in [1.54, 1.807) is 39.0 Å². The lowest BCUT2D eigenvalue weighted by Crippen LogP contribution is -2.24. The number of esters is 1. The molecule has 0 atom stereocenters. The second-order valence-electron chi connectivity index (χ2n) is 10.0. The van der Waals surface area contributed by atoms with Crippen LogP contribution in [0.2, 0.25) is 10.0 Å². The zero-order valence-corrected chi connectivity index (χ0v) is 23.7. The monoisotopic (exact) mass is 597 g/mol. The fourth-order valence-corrected chi connectivity index (χ4v) is 6.48. The van der Waals surface area contributed by atoms with E-state index in [1.807, 2.05) is 0 Å². The summed E-state index contributed by atoms with van der Waals surface area (Å²) in [6.07, 6.45) is -4.83. The molecule has 4 rings (SSSR count). The molecule has 0 N–H and O–H groups in total. The largest absolute Gasteiger partial charge is 0.456 e. The van der Waals surface area contributed by atoms with E-state index in [0.717, 1.165) is 16.1 Å². The average Bonchev–Trinajstić information content (AvgIpc) is 3.20. The lowest BCUT2D eigenvalue weighted by molar-refractivity contribution is -0.137. The van der Waals surface area contributed by atoms with Crippen LogP contribution in [0.3, 0.4) is 0 Å². The summed E-state index contributed by atoms with van der Waals surface area (Å²) in [7, 11) is -4.26. The summed E-state index contributed by atoms with van der Waals surface area (Å²) < 4.78 is 74.9. The van der Waals surface area contributed by atoms with E-state index >= 15 is 0 Å². The maximum Gasteiger partial charge on any atom is 0.416 e. The summed E-state index contributed by atoms with van der Waals surface area (Å²) in [6.45, 7) is 6.50. The highest BCUT2D eigenvalue weighted by atomic mass is 35.5. The fourth-order valence-electron chi connectivity index (χ4n) is 4.27. The Morgan fingerprint density at radius 2 is 1.62 bits per heavy atom. The molecule has 0 bridgehead atoms. The molecular formula is C28H24Cl2F3NO4S. The van der Waals surface area contributed by atoms with Gasteiger partial charge in [-0.3, -0.25) is 0 Å². The molecule has 0 fully saturated rings. The van der Waals surface area contributed by atoms with Crippen LogP contribution in [-0.4, -0.2) is 24.0 Å². The van der Waals surface area contributed by atoms with Gasteiger partial charge in [0.1, 0.15) is 5.60 Å². The van der Waals surface area contributed by atoms with Gasteiger partial charge in [0.2, 0.25) is 0 Å². The maximum absolute atomic E-state index is 13.9. The van der Waals surface area contributed by atoms with E-state index in [2.05, 4.69) is 0 Å². The first-order chi connectivity index (χ1) is 18.0. The molecule has 0 saturated heterocycles. The zero-order chi connectivity index (χ0) is 28.9. The van der Waals surface area contributed by atoms with Gasteiger partial charge < -0.3 is 4.74 Å². The van der Waals surface area contributed by atoms with Gasteiger partial charge in [-0.05, 0) is 81.3 Å². The number of halogens is 5. The SMILES string of the molecule is Cc1cc(C(F)(F)F)cc2cc(Cc3c(Cl)ccc(C(=O)OC(C)(C)C)c3Cl)n(S(=O)(=O)c3ccccc3)c12. The molecule has 0 saturated carbocycles. The first-order valence-electron chi connectivity index (χ1n) is 11.7. The highest BCUT2D eigenvalue weighted by Gasteiger charge is 2.33. The number of benzene rings is 3. The van der Waals surface area contributed by atoms with Crippen molar-refractivity contribution < 1.29 is 31.1 Å². The third-order valence-electron chi connectivity index (χ3n) is 5.89. The summed E-state index contributed by atoms with van der Waals surface area (Å²) in [5.74, 6) is -0.700. The van der Waals surface area contributed by atoms with E-state index in [0.29, 0.717) is 0 Å². The van der Waals surface area contributed by atoms with E-state index in [4.69, 9.17) is 27.9 Å². The number of ether oxygens (including phenoxy) is 1. The predicted octanol–water partition coefficient (Wildman–Crippen LogP) is 8.06. The van der Waals surface area contributed by atoms with Gasteiger partial charge in [0.25, 0.3) is 10.0 Å². The van der Waals surface area contributed by atoms with Crippen molar-refractivity contribution in [3.05, 3.63) is 98.7 Å². The molecule has 0 aliphatic carbocycles. The lowest BCUT2D eigenvalue weighted by Gasteiger charge is -2.21. The van der Waals surface area contributed by atoms with Crippen molar-refractivity contribution in [3.8, 4) is 0 Å². The molecule has 206 valence electrons. The maximum atomic E-state index is 13.9. The van der Waals surface area contributed by atoms with E-state index < -0.39 is 33.3 Å². The number of fused-ring (bicyclic) bond motifs is 1. The zero-order valence-electron chi connectivity index (χ0n) is 21.4. The molecule has 1 aromatic heterocycles. The normalized spacial score (nSPS) is 12.6. The number of hydrogen-bond donors (Lipinski definition) is 0. The number of carbonyl (C=O) groups excluding carboxylic acids is 1. The first kappa shape index (κ1) is 29.0. The Kier molecular flexibility index (Phi) is 7.57. The van der Waals surface area contributed by atoms with Gasteiger partial charge in [0, 0.05) is 22.5 Å². The molecule has 0 aliphatic heterocycles. The Morgan fingerprint density at radius 1 is 0.974 bits per heavy atom. The quantitative estimate of drug-likeness (QED) is 0.218. The van der Waals surface area contributed by atoms with Crippen LogP contribution in [0.15, 0.2) is 65.6 Å². The Morgan fingerprint density at radius 3 is 2.21 bits per heavy atom. The summed E-state index contributed by atoms with van der Waals surface area (Å²) in [6, 6.07) is 13.6. The van der Waals surface area contributed by atoms with Crippen LogP contribution in [0, 0.1) is 6.92 Å². The van der Waals surface area contributed by atoms with Crippen molar-refractivity contribution in [1.29, 1.82) is 0 Å². The summed E-state index contributed by atoms with van der Waals surface area (Å²) >= 11 is 13.0. The van der Waals surface area contributed by atoms with Gasteiger partial charge >= 0.3 is 12.1 Å². The molecule has 0 spiro atoms. The molecular weight excluding hydrogens is 574 g/mol. The Hall–Kier alpha value is -3.01. The molecule has 4 aromatic rings. The van der Waals surface area contributed by atoms with E-state index in [-0.39, 0.29) is 54.6 Å². The number of aryl methyl sites for hydroxylation is 1. The summed E-state index contributed by atoms with van der Waals surface area (Å²) in [4.78, 5) is 12.7. The standard InChI is InChI=1S/C28H24Cl2F3NO4S/c1-16-12-18(28(31,32)33)13-17-14-19(34(25(16)17)39(36,37)20-8-6-5-7-9-20)15-22-23(29)11-10-21(24(22)30)26(35)38-27(2,3)4/h5-14H,15H2,1-4H3. The second kappa shape index (κ2) is 10.2. The van der Waals surface area contributed by atoms with E-state index in [9.17, 15) is 26.4 Å². The Labute approximate surface area is 234 Å². The molecule has 5 nitrogen and oxygen atoms in total. The second-order valence-corrected chi connectivity index (χ2v) is 12.6. The summed E-state index contributed by atoms with van der Waals surface area (Å²) in [5, 5.41) is 0.180. The van der Waals surface area contributed by atoms with Crippen LogP contribution in [0.1, 0.15) is 53.5 Å². The minimum absolute atomic E-state index is 0.0232. The molecule has 39 heavy (non-hydrogen) atoms. The topological polar surface area (TPSA) is 65.4 Å². The average molecular weight is 598 g/mol. The van der Waals surface area contributed by atoms with Gasteiger partial charge in [-0.1, -0.05) is 41.4 Å². The number of carbonyl (C=O) groups is 1. The van der Waals surface area contributed by atoms with Crippen molar-refractivity contribution in [2.75, 3.05) is 0 Å². The first-order valence-corrected chi connectivity index (χ1v) is 13.9. The third kappa shape index (κ3) is 5.81. The third-order valence-corrected chi connectivity index (χ3v) is 8.44. The molecule has 0 amide bonds. The van der Waals surface area contributed by atoms with E-state index in [1.165, 1.54) is 37.3 Å². The van der Waals surface area contributed by atoms with Gasteiger partial charge in [0.15, 0.2) is 0 Å². The van der Waals surface area contributed by atoms with Gasteiger partial charge in [-0.25, -0.2) is 17.2 Å². The number of nitrogens with zero attached hydrogens (tertiary/aromatic N) is 1. The molecule has 1 heterocycles. The molecule has 0 unspecified atom stereocenters. The van der Waals surface area contributed by atoms with Gasteiger partial charge in [0.05, 0.1) is 26.6 Å². The predicted molar refractivity (Wildman–Crippen MR) is 145 cm³/mol. The van der Waals surface area contributed by atoms with Crippen LogP contribution in [0.25, 0.3) is 10.9 Å². The number of hydrogen-bond acceptors (Lipinski definition) is 4. The molecule has 11 heteroatoms. The Bertz CT molecular complexity index is 1690. The molecule has 3 aromatic carbocycles. The van der Waals surface area contributed by atoms with Crippen LogP contribution in [0.4, 0.5) is 13.2 Å². The summed E-state index contributed by atoms with van der Waals surface area (Å²) in [5.41, 5.74) is -1.14. The van der Waals surface area contributed by atoms with Gasteiger partial charge in [-0.2, -0.15) is 13.2 Å². The van der Waals surface area contributed by atoms with Crippen molar-refractivity contribution in [2.45, 2.75) is 50.8 Å². The minimum atomic E-state index is -4.63. The number of alkyl halides is 3. The highest BCUT2D eigenvalue weighted by Crippen LogP contribution is 2.38. The van der Waals surface area contributed by atoms with Crippen LogP contribution >= 0.6 is 23.2 Å². The highest BCUT2D eigenvalue weighted by molar-refractivity contribution is 7.90. The number of rotatable bonds is 5. The molecule has 0 aliphatic rings. The van der Waals surface area contributed by atoms with Crippen molar-refractivity contribution in [1.82, 2.24) is 3.97 Å². The van der Waals surface area contributed by atoms with Crippen molar-refractivity contribution >= 4 is 50.1 Å². The van der Waals surface area contributed by atoms with Crippen LogP contribution in [-0.2, 0) is 27.4 Å². The van der Waals surface area contributed by atoms with Crippen LogP contribution in [0.5, 0.6) is 0 Å². The van der Waals surface area contributed by atoms with Gasteiger partial charge in [-0.15, -0.1) is 0 Å². The number of aromatic nitrogens is 1.